The van der Waals surface area contributed by atoms with Gasteiger partial charge in [-0.2, -0.15) is 0 Å². The van der Waals surface area contributed by atoms with Crippen LogP contribution in [0.1, 0.15) is 27.2 Å². The zero-order valence-electron chi connectivity index (χ0n) is 10.6. The van der Waals surface area contributed by atoms with Gasteiger partial charge in [-0.1, -0.05) is 0 Å². The fraction of sp³-hybridized carbons (Fsp3) is 1.00. The Morgan fingerprint density at radius 2 is 1.71 bits per heavy atom. The van der Waals surface area contributed by atoms with Gasteiger partial charge in [-0.25, -0.2) is 4.39 Å². The number of alkyl halides is 1. The third kappa shape index (κ3) is 6.48. The Bertz CT molecular complexity index is 229. The van der Waals surface area contributed by atoms with Crippen LogP contribution in [0, 0.1) is 0 Å². The van der Waals surface area contributed by atoms with Crippen LogP contribution in [0.25, 0.3) is 0 Å². The fourth-order valence-electron chi connectivity index (χ4n) is 1.23. The number of ether oxygens (including phenoxy) is 1. The van der Waals surface area contributed by atoms with Gasteiger partial charge in [0, 0.05) is 13.0 Å². The van der Waals surface area contributed by atoms with Gasteiger partial charge in [0.25, 0.3) is 0 Å². The van der Waals surface area contributed by atoms with Crippen molar-refractivity contribution in [3.05, 3.63) is 0 Å². The first-order valence-electron chi connectivity index (χ1n) is 5.78. The molecule has 0 amide bonds. The van der Waals surface area contributed by atoms with Crippen molar-refractivity contribution >= 4 is 7.60 Å². The molecule has 0 heterocycles. The van der Waals surface area contributed by atoms with E-state index in [1.807, 2.05) is 0 Å². The molecule has 1 N–H and O–H groups in total. The Hall–Kier alpha value is -0.0000000000000000416. The van der Waals surface area contributed by atoms with Crippen LogP contribution >= 0.6 is 7.60 Å². The molecule has 0 aromatic carbocycles. The Morgan fingerprint density at radius 1 is 1.18 bits per heavy atom. The summed E-state index contributed by atoms with van der Waals surface area (Å²) in [6.07, 6.45) is -1.34. The normalized spacial score (nSPS) is 15.8. The first kappa shape index (κ1) is 17.0. The summed E-state index contributed by atoms with van der Waals surface area (Å²) in [6.45, 7) is 5.62. The molecule has 7 heteroatoms. The lowest BCUT2D eigenvalue weighted by Crippen LogP contribution is -2.21. The highest BCUT2D eigenvalue weighted by Gasteiger charge is 2.37. The average Bonchev–Trinajstić information content (AvgIpc) is 2.27. The topological polar surface area (TPSA) is 65.0 Å². The summed E-state index contributed by atoms with van der Waals surface area (Å²) in [5.74, 6) is -1.84. The third-order valence-corrected chi connectivity index (χ3v) is 4.08. The monoisotopic (exact) mass is 272 g/mol. The summed E-state index contributed by atoms with van der Waals surface area (Å²) in [7, 11) is -3.78. The average molecular weight is 272 g/mol. The number of halogens is 1. The molecule has 1 unspecified atom stereocenters. The third-order valence-electron chi connectivity index (χ3n) is 1.94. The summed E-state index contributed by atoms with van der Waals surface area (Å²) in [5, 5.41) is 9.45. The van der Waals surface area contributed by atoms with E-state index in [1.165, 1.54) is 0 Å². The standard InChI is InChI=1S/C10H22FO5P/c1-4-14-8-9(12)7-10(11)17(13,15-5-2)16-6-3/h9-10,12H,4-8H2,1-3H3/t9-,10?/m0/s1. The SMILES string of the molecule is CCOC[C@@H](O)CC(F)P(=O)(OCC)OCC. The van der Waals surface area contributed by atoms with E-state index in [0.717, 1.165) is 0 Å². The molecule has 0 spiro atoms. The second-order valence-electron chi connectivity index (χ2n) is 3.36. The van der Waals surface area contributed by atoms with Crippen molar-refractivity contribution in [2.45, 2.75) is 39.2 Å². The second-order valence-corrected chi connectivity index (χ2v) is 5.52. The largest absolute Gasteiger partial charge is 0.391 e. The Labute approximate surface area is 102 Å². The highest BCUT2D eigenvalue weighted by Crippen LogP contribution is 2.55. The van der Waals surface area contributed by atoms with E-state index in [4.69, 9.17) is 13.8 Å². The van der Waals surface area contributed by atoms with Gasteiger partial charge in [-0.3, -0.25) is 4.57 Å². The van der Waals surface area contributed by atoms with Gasteiger partial charge in [-0.05, 0) is 20.8 Å². The van der Waals surface area contributed by atoms with Crippen LogP contribution < -0.4 is 0 Å². The van der Waals surface area contributed by atoms with Gasteiger partial charge in [0.05, 0.1) is 25.9 Å². The highest BCUT2D eigenvalue weighted by atomic mass is 31.2. The maximum Gasteiger partial charge on any atom is 0.364 e. The molecule has 0 saturated carbocycles. The van der Waals surface area contributed by atoms with Crippen LogP contribution in [0.3, 0.4) is 0 Å². The van der Waals surface area contributed by atoms with E-state index >= 15 is 0 Å². The molecule has 0 aromatic rings. The van der Waals surface area contributed by atoms with Gasteiger partial charge < -0.3 is 18.9 Å². The first-order chi connectivity index (χ1) is 8.00. The van der Waals surface area contributed by atoms with Crippen LogP contribution in [-0.4, -0.2) is 43.6 Å². The fourth-order valence-corrected chi connectivity index (χ4v) is 2.85. The summed E-state index contributed by atoms with van der Waals surface area (Å²) in [5.41, 5.74) is 0. The summed E-state index contributed by atoms with van der Waals surface area (Å²) in [4.78, 5) is 0. The van der Waals surface area contributed by atoms with Gasteiger partial charge in [0.2, 0.25) is 5.91 Å². The summed E-state index contributed by atoms with van der Waals surface area (Å²) >= 11 is 0. The van der Waals surface area contributed by atoms with Crippen LogP contribution in [-0.2, 0) is 18.3 Å². The first-order valence-corrected chi connectivity index (χ1v) is 7.39. The van der Waals surface area contributed by atoms with Crippen molar-refractivity contribution < 1.29 is 27.8 Å². The lowest BCUT2D eigenvalue weighted by molar-refractivity contribution is 0.0283. The second kappa shape index (κ2) is 9.00. The van der Waals surface area contributed by atoms with Crippen molar-refractivity contribution in [2.24, 2.45) is 0 Å². The lowest BCUT2D eigenvalue weighted by Gasteiger charge is -2.22. The number of hydrogen-bond donors (Lipinski definition) is 1. The molecule has 0 fully saturated rings. The van der Waals surface area contributed by atoms with Crippen LogP contribution in [0.5, 0.6) is 0 Å². The van der Waals surface area contributed by atoms with E-state index in [-0.39, 0.29) is 26.2 Å². The quantitative estimate of drug-likeness (QED) is 0.618. The van der Waals surface area contributed by atoms with Gasteiger partial charge in [-0.15, -0.1) is 0 Å². The van der Waals surface area contributed by atoms with Crippen LogP contribution in [0.15, 0.2) is 0 Å². The smallest absolute Gasteiger partial charge is 0.364 e. The molecule has 0 rings (SSSR count). The Morgan fingerprint density at radius 3 is 2.12 bits per heavy atom. The van der Waals surface area contributed by atoms with Crippen molar-refractivity contribution in [1.29, 1.82) is 0 Å². The van der Waals surface area contributed by atoms with E-state index in [2.05, 4.69) is 0 Å². The lowest BCUT2D eigenvalue weighted by atomic mass is 10.3. The maximum atomic E-state index is 13.8. The van der Waals surface area contributed by atoms with E-state index < -0.39 is 19.6 Å². The number of aliphatic hydroxyl groups is 1. The molecular formula is C10H22FO5P. The highest BCUT2D eigenvalue weighted by molar-refractivity contribution is 7.54. The minimum absolute atomic E-state index is 0.00910. The molecule has 2 atom stereocenters. The molecule has 104 valence electrons. The minimum Gasteiger partial charge on any atom is -0.391 e. The maximum absolute atomic E-state index is 13.8. The van der Waals surface area contributed by atoms with Crippen molar-refractivity contribution in [3.63, 3.8) is 0 Å². The summed E-state index contributed by atoms with van der Waals surface area (Å²) in [6, 6.07) is 0. The molecule has 5 nitrogen and oxygen atoms in total. The molecule has 17 heavy (non-hydrogen) atoms. The minimum atomic E-state index is -3.78. The number of hydrogen-bond acceptors (Lipinski definition) is 5. The predicted octanol–water partition coefficient (Wildman–Crippen LogP) is 2.34. The zero-order chi connectivity index (χ0) is 13.3. The van der Waals surface area contributed by atoms with Crippen molar-refractivity contribution in [1.82, 2.24) is 0 Å². The Balaban J connectivity index is 4.31. The van der Waals surface area contributed by atoms with Crippen LogP contribution in [0.2, 0.25) is 0 Å². The van der Waals surface area contributed by atoms with Crippen molar-refractivity contribution in [2.75, 3.05) is 26.4 Å². The van der Waals surface area contributed by atoms with Gasteiger partial charge in [0.15, 0.2) is 0 Å². The zero-order valence-corrected chi connectivity index (χ0v) is 11.5. The molecule has 0 aliphatic rings. The molecule has 0 aliphatic heterocycles. The molecule has 0 bridgehead atoms. The van der Waals surface area contributed by atoms with Crippen LogP contribution in [0.4, 0.5) is 4.39 Å². The van der Waals surface area contributed by atoms with E-state index in [1.54, 1.807) is 20.8 Å². The molecule has 0 radical (unpaired) electrons. The molecule has 0 saturated heterocycles. The number of aliphatic hydroxyl groups excluding tert-OH is 1. The van der Waals surface area contributed by atoms with Crippen molar-refractivity contribution in [3.8, 4) is 0 Å². The Kier molecular flexibility index (Phi) is 9.00. The summed E-state index contributed by atoms with van der Waals surface area (Å²) < 4.78 is 40.4. The molecule has 0 aromatic heterocycles. The van der Waals surface area contributed by atoms with E-state index in [9.17, 15) is 14.1 Å². The number of rotatable bonds is 10. The molecule has 0 aliphatic carbocycles. The van der Waals surface area contributed by atoms with Gasteiger partial charge >= 0.3 is 7.60 Å². The molecular weight excluding hydrogens is 250 g/mol. The van der Waals surface area contributed by atoms with Gasteiger partial charge in [0.1, 0.15) is 0 Å². The predicted molar refractivity (Wildman–Crippen MR) is 62.9 cm³/mol. The van der Waals surface area contributed by atoms with E-state index in [0.29, 0.717) is 6.61 Å².